The summed E-state index contributed by atoms with van der Waals surface area (Å²) in [5.74, 6) is -0.0960. The van der Waals surface area contributed by atoms with Crippen LogP contribution >= 0.6 is 12.6 Å². The predicted molar refractivity (Wildman–Crippen MR) is 66.9 cm³/mol. The van der Waals surface area contributed by atoms with Gasteiger partial charge in [-0.2, -0.15) is 0 Å². The van der Waals surface area contributed by atoms with E-state index in [0.29, 0.717) is 12.0 Å². The third-order valence-corrected chi connectivity index (χ3v) is 2.56. The second-order valence-electron chi connectivity index (χ2n) is 3.79. The lowest BCUT2D eigenvalue weighted by atomic mass is 10.1. The van der Waals surface area contributed by atoms with Crippen molar-refractivity contribution in [1.29, 1.82) is 0 Å². The molecule has 0 aliphatic heterocycles. The molecule has 3 nitrogen and oxygen atoms in total. The minimum absolute atomic E-state index is 0.0724. The molecule has 0 radical (unpaired) electrons. The first-order valence-electron chi connectivity index (χ1n) is 5.34. The number of benzene rings is 1. The summed E-state index contributed by atoms with van der Waals surface area (Å²) in [4.78, 5) is 12.5. The number of rotatable bonds is 5. The number of hydrogen-bond donors (Lipinski definition) is 3. The molecule has 0 saturated carbocycles. The molecule has 0 heterocycles. The number of aliphatic hydroxyl groups is 1. The zero-order chi connectivity index (χ0) is 12.0. The van der Waals surface area contributed by atoms with Gasteiger partial charge in [-0.15, -0.1) is 12.6 Å². The summed E-state index contributed by atoms with van der Waals surface area (Å²) in [5.41, 5.74) is 0.614. The molecular formula is C12H17NO2S. The van der Waals surface area contributed by atoms with Crippen molar-refractivity contribution in [2.24, 2.45) is 0 Å². The van der Waals surface area contributed by atoms with E-state index < -0.39 is 0 Å². The molecule has 0 fully saturated rings. The van der Waals surface area contributed by atoms with Crippen LogP contribution in [0.15, 0.2) is 29.2 Å². The first-order valence-corrected chi connectivity index (χ1v) is 5.79. The van der Waals surface area contributed by atoms with E-state index in [9.17, 15) is 4.79 Å². The van der Waals surface area contributed by atoms with Crippen molar-refractivity contribution in [3.8, 4) is 0 Å². The second kappa shape index (κ2) is 6.55. The Morgan fingerprint density at radius 3 is 2.94 bits per heavy atom. The lowest BCUT2D eigenvalue weighted by Gasteiger charge is -2.13. The SMILES string of the molecule is CC(CCCO)NC(=O)c1cccc(S)c1. The smallest absolute Gasteiger partial charge is 0.251 e. The molecule has 1 atom stereocenters. The molecule has 1 rings (SSSR count). The first-order chi connectivity index (χ1) is 7.63. The molecule has 1 aromatic carbocycles. The number of carbonyl (C=O) groups excluding carboxylic acids is 1. The number of amides is 1. The Hall–Kier alpha value is -1.00. The number of thiol groups is 1. The van der Waals surface area contributed by atoms with Crippen molar-refractivity contribution in [2.75, 3.05) is 6.61 Å². The van der Waals surface area contributed by atoms with E-state index in [1.54, 1.807) is 18.2 Å². The molecule has 0 aliphatic carbocycles. The quantitative estimate of drug-likeness (QED) is 0.687. The Labute approximate surface area is 101 Å². The van der Waals surface area contributed by atoms with E-state index in [2.05, 4.69) is 17.9 Å². The van der Waals surface area contributed by atoms with Gasteiger partial charge in [0, 0.05) is 23.1 Å². The Bertz CT molecular complexity index is 355. The topological polar surface area (TPSA) is 49.3 Å². The highest BCUT2D eigenvalue weighted by Gasteiger charge is 2.09. The standard InChI is InChI=1S/C12H17NO2S/c1-9(4-3-7-14)13-12(15)10-5-2-6-11(16)8-10/h2,5-6,8-9,14,16H,3-4,7H2,1H3,(H,13,15). The van der Waals surface area contributed by atoms with E-state index in [1.807, 2.05) is 13.0 Å². The molecule has 0 spiro atoms. The highest BCUT2D eigenvalue weighted by molar-refractivity contribution is 7.80. The molecular weight excluding hydrogens is 222 g/mol. The van der Waals surface area contributed by atoms with E-state index in [0.717, 1.165) is 11.3 Å². The van der Waals surface area contributed by atoms with Gasteiger partial charge in [-0.1, -0.05) is 6.07 Å². The summed E-state index contributed by atoms with van der Waals surface area (Å²) in [7, 11) is 0. The monoisotopic (exact) mass is 239 g/mol. The van der Waals surface area contributed by atoms with Gasteiger partial charge in [-0.25, -0.2) is 0 Å². The Morgan fingerprint density at radius 1 is 1.56 bits per heavy atom. The average Bonchev–Trinajstić information content (AvgIpc) is 2.26. The molecule has 1 unspecified atom stereocenters. The summed E-state index contributed by atoms with van der Waals surface area (Å²) in [6.07, 6.45) is 1.48. The van der Waals surface area contributed by atoms with Crippen molar-refractivity contribution in [3.05, 3.63) is 29.8 Å². The lowest BCUT2D eigenvalue weighted by Crippen LogP contribution is -2.32. The van der Waals surface area contributed by atoms with E-state index >= 15 is 0 Å². The second-order valence-corrected chi connectivity index (χ2v) is 4.31. The van der Waals surface area contributed by atoms with Crippen molar-refractivity contribution in [3.63, 3.8) is 0 Å². The normalized spacial score (nSPS) is 12.2. The fourth-order valence-corrected chi connectivity index (χ4v) is 1.65. The van der Waals surface area contributed by atoms with Crippen LogP contribution in [0, 0.1) is 0 Å². The number of hydrogen-bond acceptors (Lipinski definition) is 3. The first kappa shape index (κ1) is 13.1. The molecule has 88 valence electrons. The van der Waals surface area contributed by atoms with Crippen molar-refractivity contribution < 1.29 is 9.90 Å². The van der Waals surface area contributed by atoms with Crippen molar-refractivity contribution >= 4 is 18.5 Å². The van der Waals surface area contributed by atoms with Crippen LogP contribution < -0.4 is 5.32 Å². The summed E-state index contributed by atoms with van der Waals surface area (Å²) in [6.45, 7) is 2.09. The van der Waals surface area contributed by atoms with Crippen LogP contribution in [0.5, 0.6) is 0 Å². The fraction of sp³-hybridized carbons (Fsp3) is 0.417. The highest BCUT2D eigenvalue weighted by atomic mass is 32.1. The molecule has 0 bridgehead atoms. The molecule has 0 saturated heterocycles. The van der Waals surface area contributed by atoms with Gasteiger partial charge in [0.1, 0.15) is 0 Å². The van der Waals surface area contributed by atoms with Crippen LogP contribution in [-0.4, -0.2) is 23.7 Å². The summed E-state index contributed by atoms with van der Waals surface area (Å²) in [5, 5.41) is 11.6. The summed E-state index contributed by atoms with van der Waals surface area (Å²) < 4.78 is 0. The zero-order valence-electron chi connectivity index (χ0n) is 9.31. The molecule has 0 aromatic heterocycles. The summed E-state index contributed by atoms with van der Waals surface area (Å²) >= 11 is 4.18. The summed E-state index contributed by atoms with van der Waals surface area (Å²) in [6, 6.07) is 7.19. The van der Waals surface area contributed by atoms with Gasteiger partial charge in [0.05, 0.1) is 0 Å². The highest BCUT2D eigenvalue weighted by Crippen LogP contribution is 2.09. The van der Waals surface area contributed by atoms with Crippen LogP contribution in [0.4, 0.5) is 0 Å². The Balaban J connectivity index is 2.52. The van der Waals surface area contributed by atoms with Gasteiger partial charge < -0.3 is 10.4 Å². The third kappa shape index (κ3) is 4.24. The maximum absolute atomic E-state index is 11.8. The van der Waals surface area contributed by atoms with Gasteiger partial charge in [0.25, 0.3) is 5.91 Å². The maximum Gasteiger partial charge on any atom is 0.251 e. The van der Waals surface area contributed by atoms with E-state index in [1.165, 1.54) is 0 Å². The van der Waals surface area contributed by atoms with Crippen LogP contribution in [0.25, 0.3) is 0 Å². The number of nitrogens with one attached hydrogen (secondary N) is 1. The minimum Gasteiger partial charge on any atom is -0.396 e. The van der Waals surface area contributed by atoms with E-state index in [-0.39, 0.29) is 18.6 Å². The minimum atomic E-state index is -0.0960. The van der Waals surface area contributed by atoms with Gasteiger partial charge in [-0.3, -0.25) is 4.79 Å². The van der Waals surface area contributed by atoms with Gasteiger partial charge in [-0.05, 0) is 38.0 Å². The fourth-order valence-electron chi connectivity index (χ4n) is 1.42. The van der Waals surface area contributed by atoms with Crippen molar-refractivity contribution in [1.82, 2.24) is 5.32 Å². The van der Waals surface area contributed by atoms with Crippen LogP contribution in [0.2, 0.25) is 0 Å². The Kier molecular flexibility index (Phi) is 5.35. The van der Waals surface area contributed by atoms with Crippen LogP contribution in [-0.2, 0) is 0 Å². The van der Waals surface area contributed by atoms with E-state index in [4.69, 9.17) is 5.11 Å². The number of aliphatic hydroxyl groups excluding tert-OH is 1. The van der Waals surface area contributed by atoms with Crippen molar-refractivity contribution in [2.45, 2.75) is 30.7 Å². The third-order valence-electron chi connectivity index (χ3n) is 2.28. The Morgan fingerprint density at radius 2 is 2.31 bits per heavy atom. The van der Waals surface area contributed by atoms with Gasteiger partial charge >= 0.3 is 0 Å². The molecule has 1 aromatic rings. The largest absolute Gasteiger partial charge is 0.396 e. The number of carbonyl (C=O) groups is 1. The van der Waals surface area contributed by atoms with Gasteiger partial charge in [0.15, 0.2) is 0 Å². The van der Waals surface area contributed by atoms with Crippen LogP contribution in [0.3, 0.4) is 0 Å². The zero-order valence-corrected chi connectivity index (χ0v) is 10.2. The average molecular weight is 239 g/mol. The molecule has 16 heavy (non-hydrogen) atoms. The maximum atomic E-state index is 11.8. The molecule has 0 aliphatic rings. The molecule has 4 heteroatoms. The van der Waals surface area contributed by atoms with Crippen LogP contribution in [0.1, 0.15) is 30.1 Å². The molecule has 1 amide bonds. The molecule has 2 N–H and O–H groups in total. The lowest BCUT2D eigenvalue weighted by molar-refractivity contribution is 0.0936. The predicted octanol–water partition coefficient (Wildman–Crippen LogP) is 1.87. The van der Waals surface area contributed by atoms with Gasteiger partial charge in [0.2, 0.25) is 0 Å².